The van der Waals surface area contributed by atoms with E-state index in [9.17, 15) is 13.6 Å². The topological polar surface area (TPSA) is 59.0 Å². The summed E-state index contributed by atoms with van der Waals surface area (Å²) in [6, 6.07) is 7.08. The van der Waals surface area contributed by atoms with Gasteiger partial charge in [0.15, 0.2) is 0 Å². The Morgan fingerprint density at radius 1 is 1.48 bits per heavy atom. The number of nitrogens with zero attached hydrogens (tertiary/aromatic N) is 2. The predicted molar refractivity (Wildman–Crippen MR) is 83.3 cm³/mol. The van der Waals surface area contributed by atoms with Gasteiger partial charge in [-0.1, -0.05) is 12.1 Å². The van der Waals surface area contributed by atoms with Gasteiger partial charge in [0.05, 0.1) is 30.2 Å². The standard InChI is InChI=1S/C16H20F2N4O/c1-10(2)22-13-6-4-3-5-11(13)21-14(22)8-19-15(23)12-7-16(17,18)9-20-12/h3-6,10,12,20H,7-9H2,1-2H3,(H,19,23). The van der Waals surface area contributed by atoms with E-state index in [1.165, 1.54) is 0 Å². The number of aromatic nitrogens is 2. The first-order chi connectivity index (χ1) is 10.9. The lowest BCUT2D eigenvalue weighted by atomic mass is 10.2. The number of nitrogens with one attached hydrogen (secondary N) is 2. The number of benzene rings is 1. The van der Waals surface area contributed by atoms with Crippen molar-refractivity contribution in [3.8, 4) is 0 Å². The second kappa shape index (κ2) is 5.88. The molecule has 1 aliphatic heterocycles. The molecule has 0 saturated carbocycles. The molecule has 1 unspecified atom stereocenters. The van der Waals surface area contributed by atoms with E-state index in [1.54, 1.807) is 0 Å². The molecular weight excluding hydrogens is 302 g/mol. The van der Waals surface area contributed by atoms with Crippen molar-refractivity contribution in [2.24, 2.45) is 0 Å². The van der Waals surface area contributed by atoms with Crippen LogP contribution in [0.2, 0.25) is 0 Å². The molecule has 124 valence electrons. The molecule has 0 spiro atoms. The average molecular weight is 322 g/mol. The first kappa shape index (κ1) is 15.9. The number of hydrogen-bond acceptors (Lipinski definition) is 3. The van der Waals surface area contributed by atoms with E-state index < -0.39 is 30.8 Å². The summed E-state index contributed by atoms with van der Waals surface area (Å²) in [6.45, 7) is 3.85. The van der Waals surface area contributed by atoms with Crippen molar-refractivity contribution in [2.75, 3.05) is 6.54 Å². The molecule has 1 aromatic heterocycles. The smallest absolute Gasteiger partial charge is 0.262 e. The second-order valence-electron chi connectivity index (χ2n) is 6.19. The number of rotatable bonds is 4. The number of fused-ring (bicyclic) bond motifs is 1. The number of imidazole rings is 1. The minimum atomic E-state index is -2.81. The molecular formula is C16H20F2N4O. The highest BCUT2D eigenvalue weighted by Crippen LogP contribution is 2.25. The number of carbonyl (C=O) groups excluding carboxylic acids is 1. The number of halogens is 2. The van der Waals surface area contributed by atoms with Crippen molar-refractivity contribution in [3.63, 3.8) is 0 Å². The molecule has 2 aromatic rings. The molecule has 1 aromatic carbocycles. The van der Waals surface area contributed by atoms with Crippen LogP contribution in [-0.4, -0.2) is 34.0 Å². The van der Waals surface area contributed by atoms with E-state index in [-0.39, 0.29) is 12.6 Å². The largest absolute Gasteiger partial charge is 0.348 e. The molecule has 1 saturated heterocycles. The minimum Gasteiger partial charge on any atom is -0.348 e. The van der Waals surface area contributed by atoms with E-state index in [2.05, 4.69) is 15.6 Å². The van der Waals surface area contributed by atoms with Crippen molar-refractivity contribution in [3.05, 3.63) is 30.1 Å². The highest BCUT2D eigenvalue weighted by Gasteiger charge is 2.42. The van der Waals surface area contributed by atoms with E-state index in [4.69, 9.17) is 0 Å². The first-order valence-corrected chi connectivity index (χ1v) is 7.72. The zero-order valence-electron chi connectivity index (χ0n) is 13.1. The summed E-state index contributed by atoms with van der Waals surface area (Å²) < 4.78 is 28.4. The van der Waals surface area contributed by atoms with Crippen LogP contribution in [0.4, 0.5) is 8.78 Å². The Morgan fingerprint density at radius 2 is 2.22 bits per heavy atom. The maximum Gasteiger partial charge on any atom is 0.262 e. The van der Waals surface area contributed by atoms with E-state index in [0.717, 1.165) is 16.9 Å². The molecule has 23 heavy (non-hydrogen) atoms. The number of carbonyl (C=O) groups is 1. The van der Waals surface area contributed by atoms with Gasteiger partial charge in [0.2, 0.25) is 5.91 Å². The number of amides is 1. The van der Waals surface area contributed by atoms with Crippen LogP contribution in [0.25, 0.3) is 11.0 Å². The number of alkyl halides is 2. The normalized spacial score (nSPS) is 20.3. The highest BCUT2D eigenvalue weighted by molar-refractivity contribution is 5.82. The molecule has 0 aliphatic carbocycles. The Labute approximate surface area is 133 Å². The molecule has 1 aliphatic rings. The van der Waals surface area contributed by atoms with Crippen molar-refractivity contribution >= 4 is 16.9 Å². The van der Waals surface area contributed by atoms with Crippen LogP contribution in [0.15, 0.2) is 24.3 Å². The summed E-state index contributed by atoms with van der Waals surface area (Å²) in [5.74, 6) is -2.50. The summed E-state index contributed by atoms with van der Waals surface area (Å²) >= 11 is 0. The predicted octanol–water partition coefficient (Wildman–Crippen LogP) is 2.23. The Hall–Kier alpha value is -2.02. The van der Waals surface area contributed by atoms with Crippen LogP contribution in [0.1, 0.15) is 32.1 Å². The molecule has 2 N–H and O–H groups in total. The fourth-order valence-corrected chi connectivity index (χ4v) is 2.99. The van der Waals surface area contributed by atoms with Crippen LogP contribution in [0.5, 0.6) is 0 Å². The molecule has 5 nitrogen and oxygen atoms in total. The average Bonchev–Trinajstić information content (AvgIpc) is 3.04. The lowest BCUT2D eigenvalue weighted by molar-refractivity contribution is -0.123. The lowest BCUT2D eigenvalue weighted by Gasteiger charge is -2.15. The third-order valence-corrected chi connectivity index (χ3v) is 4.03. The molecule has 1 atom stereocenters. The van der Waals surface area contributed by atoms with Crippen LogP contribution < -0.4 is 10.6 Å². The van der Waals surface area contributed by atoms with Gasteiger partial charge in [-0.2, -0.15) is 0 Å². The summed E-state index contributed by atoms with van der Waals surface area (Å²) in [6.07, 6.45) is -0.459. The maximum atomic E-state index is 13.2. The Bertz CT molecular complexity index is 726. The van der Waals surface area contributed by atoms with Crippen molar-refractivity contribution in [1.29, 1.82) is 0 Å². The number of hydrogen-bond donors (Lipinski definition) is 2. The Balaban J connectivity index is 1.74. The van der Waals surface area contributed by atoms with Crippen LogP contribution in [-0.2, 0) is 11.3 Å². The Morgan fingerprint density at radius 3 is 2.87 bits per heavy atom. The minimum absolute atomic E-state index is 0.184. The van der Waals surface area contributed by atoms with Crippen LogP contribution >= 0.6 is 0 Å². The van der Waals surface area contributed by atoms with Gasteiger partial charge in [0, 0.05) is 12.5 Å². The van der Waals surface area contributed by atoms with E-state index in [0.29, 0.717) is 0 Å². The van der Waals surface area contributed by atoms with Gasteiger partial charge in [-0.15, -0.1) is 0 Å². The molecule has 0 radical (unpaired) electrons. The number of para-hydroxylation sites is 2. The van der Waals surface area contributed by atoms with Gasteiger partial charge >= 0.3 is 0 Å². The molecule has 1 amide bonds. The van der Waals surface area contributed by atoms with Gasteiger partial charge in [0.25, 0.3) is 5.92 Å². The van der Waals surface area contributed by atoms with Crippen molar-refractivity contribution in [1.82, 2.24) is 20.2 Å². The van der Waals surface area contributed by atoms with Crippen LogP contribution in [0, 0.1) is 0 Å². The monoisotopic (exact) mass is 322 g/mol. The van der Waals surface area contributed by atoms with Crippen molar-refractivity contribution in [2.45, 2.75) is 44.8 Å². The SMILES string of the molecule is CC(C)n1c(CNC(=O)C2CC(F)(F)CN2)nc2ccccc21. The molecule has 1 fully saturated rings. The fraction of sp³-hybridized carbons (Fsp3) is 0.500. The third-order valence-electron chi connectivity index (χ3n) is 4.03. The first-order valence-electron chi connectivity index (χ1n) is 7.72. The van der Waals surface area contributed by atoms with Crippen molar-refractivity contribution < 1.29 is 13.6 Å². The zero-order chi connectivity index (χ0) is 16.6. The van der Waals surface area contributed by atoms with Gasteiger partial charge < -0.3 is 9.88 Å². The summed E-state index contributed by atoms with van der Waals surface area (Å²) in [4.78, 5) is 16.6. The summed E-state index contributed by atoms with van der Waals surface area (Å²) in [7, 11) is 0. The third kappa shape index (κ3) is 3.19. The Kier molecular flexibility index (Phi) is 4.06. The molecule has 3 rings (SSSR count). The lowest BCUT2D eigenvalue weighted by Crippen LogP contribution is -2.40. The summed E-state index contributed by atoms with van der Waals surface area (Å²) in [5, 5.41) is 5.27. The quantitative estimate of drug-likeness (QED) is 0.907. The second-order valence-corrected chi connectivity index (χ2v) is 6.19. The van der Waals surface area contributed by atoms with E-state index >= 15 is 0 Å². The van der Waals surface area contributed by atoms with Gasteiger partial charge in [-0.25, -0.2) is 13.8 Å². The highest BCUT2D eigenvalue weighted by atomic mass is 19.3. The van der Waals surface area contributed by atoms with E-state index in [1.807, 2.05) is 42.7 Å². The maximum absolute atomic E-state index is 13.2. The fourth-order valence-electron chi connectivity index (χ4n) is 2.99. The molecule has 0 bridgehead atoms. The van der Waals surface area contributed by atoms with Gasteiger partial charge in [-0.05, 0) is 26.0 Å². The molecule has 2 heterocycles. The zero-order valence-corrected chi connectivity index (χ0v) is 13.1. The van der Waals surface area contributed by atoms with Gasteiger partial charge in [-0.3, -0.25) is 10.1 Å². The molecule has 7 heteroatoms. The van der Waals surface area contributed by atoms with Crippen LogP contribution in [0.3, 0.4) is 0 Å². The van der Waals surface area contributed by atoms with Gasteiger partial charge in [0.1, 0.15) is 5.82 Å². The summed E-state index contributed by atoms with van der Waals surface area (Å²) in [5.41, 5.74) is 1.85.